The summed E-state index contributed by atoms with van der Waals surface area (Å²) in [5.41, 5.74) is 5.49. The third kappa shape index (κ3) is 2.95. The predicted octanol–water partition coefficient (Wildman–Crippen LogP) is 7.39. The second kappa shape index (κ2) is 6.20. The lowest BCUT2D eigenvalue weighted by molar-refractivity contribution is 0.411. The molecule has 5 rings (SSSR count). The summed E-state index contributed by atoms with van der Waals surface area (Å²) >= 11 is 0. The van der Waals surface area contributed by atoms with Crippen molar-refractivity contribution >= 4 is 32.7 Å². The second-order valence-electron chi connectivity index (χ2n) is 8.76. The van der Waals surface area contributed by atoms with Gasteiger partial charge in [0.2, 0.25) is 0 Å². The van der Waals surface area contributed by atoms with Gasteiger partial charge < -0.3 is 4.42 Å². The molecule has 2 nitrogen and oxygen atoms in total. The molecule has 2 heterocycles. The molecule has 3 aromatic carbocycles. The number of furan rings is 1. The fourth-order valence-corrected chi connectivity index (χ4v) is 4.06. The first-order valence-corrected chi connectivity index (χ1v) is 9.77. The first-order chi connectivity index (χ1) is 13.5. The summed E-state index contributed by atoms with van der Waals surface area (Å²) in [6, 6.07) is 23.4. The zero-order valence-corrected chi connectivity index (χ0v) is 16.5. The molecule has 138 valence electrons. The molecule has 0 aliphatic heterocycles. The maximum absolute atomic E-state index is 6.21. The third-order valence-corrected chi connectivity index (χ3v) is 5.22. The van der Waals surface area contributed by atoms with E-state index in [2.05, 4.69) is 92.5 Å². The Bertz CT molecular complexity index is 1320. The average Bonchev–Trinajstić information content (AvgIpc) is 3.05. The predicted molar refractivity (Wildman–Crippen MR) is 118 cm³/mol. The highest BCUT2D eigenvalue weighted by Gasteiger charge is 2.14. The minimum atomic E-state index is 0.252. The average molecular weight is 365 g/mol. The van der Waals surface area contributed by atoms with Gasteiger partial charge in [0.15, 0.2) is 0 Å². The van der Waals surface area contributed by atoms with Crippen molar-refractivity contribution in [2.75, 3.05) is 0 Å². The number of pyridine rings is 1. The molecule has 0 atom stereocenters. The van der Waals surface area contributed by atoms with E-state index in [9.17, 15) is 0 Å². The maximum atomic E-state index is 6.21. The van der Waals surface area contributed by atoms with Crippen LogP contribution in [-0.2, 0) is 6.42 Å². The SMILES string of the molecule is CC(C)(C)Cc1ccnc(-c2ccc3c(c2)oc2ccc4ccccc4c23)c1. The number of hydrogen-bond donors (Lipinski definition) is 0. The molecule has 0 amide bonds. The summed E-state index contributed by atoms with van der Waals surface area (Å²) in [5.74, 6) is 0. The first kappa shape index (κ1) is 17.0. The van der Waals surface area contributed by atoms with Crippen molar-refractivity contribution in [3.8, 4) is 11.3 Å². The normalized spacial score (nSPS) is 12.2. The molecule has 5 aromatic rings. The minimum absolute atomic E-state index is 0.252. The first-order valence-electron chi connectivity index (χ1n) is 9.77. The van der Waals surface area contributed by atoms with Gasteiger partial charge in [0.25, 0.3) is 0 Å². The number of aromatic nitrogens is 1. The van der Waals surface area contributed by atoms with Gasteiger partial charge in [0, 0.05) is 22.5 Å². The molecule has 0 radical (unpaired) electrons. The van der Waals surface area contributed by atoms with E-state index in [-0.39, 0.29) is 5.41 Å². The molecule has 0 aliphatic carbocycles. The molecule has 2 aromatic heterocycles. The maximum Gasteiger partial charge on any atom is 0.136 e. The molecule has 2 heteroatoms. The van der Waals surface area contributed by atoms with Crippen molar-refractivity contribution in [1.29, 1.82) is 0 Å². The Kier molecular flexibility index (Phi) is 3.77. The third-order valence-electron chi connectivity index (χ3n) is 5.22. The van der Waals surface area contributed by atoms with Crippen molar-refractivity contribution in [2.45, 2.75) is 27.2 Å². The van der Waals surface area contributed by atoms with Crippen molar-refractivity contribution < 1.29 is 4.42 Å². The van der Waals surface area contributed by atoms with E-state index in [1.165, 1.54) is 21.7 Å². The van der Waals surface area contributed by atoms with Crippen molar-refractivity contribution in [2.24, 2.45) is 5.41 Å². The van der Waals surface area contributed by atoms with Crippen molar-refractivity contribution in [3.05, 3.63) is 78.5 Å². The fourth-order valence-electron chi connectivity index (χ4n) is 4.06. The monoisotopic (exact) mass is 365 g/mol. The van der Waals surface area contributed by atoms with E-state index in [1.807, 2.05) is 6.20 Å². The van der Waals surface area contributed by atoms with Crippen LogP contribution in [-0.4, -0.2) is 4.98 Å². The summed E-state index contributed by atoms with van der Waals surface area (Å²) in [6.07, 6.45) is 2.94. The molecular formula is C26H23NO. The van der Waals surface area contributed by atoms with Crippen LogP contribution in [0.15, 0.2) is 77.3 Å². The Morgan fingerprint density at radius 1 is 0.821 bits per heavy atom. The van der Waals surface area contributed by atoms with Crippen LogP contribution >= 0.6 is 0 Å². The molecule has 28 heavy (non-hydrogen) atoms. The van der Waals surface area contributed by atoms with E-state index < -0.39 is 0 Å². The summed E-state index contributed by atoms with van der Waals surface area (Å²) in [4.78, 5) is 4.61. The Hall–Kier alpha value is -3.13. The van der Waals surface area contributed by atoms with Gasteiger partial charge in [0.05, 0.1) is 5.69 Å². The molecule has 0 saturated heterocycles. The lowest BCUT2D eigenvalue weighted by atomic mass is 9.88. The zero-order valence-electron chi connectivity index (χ0n) is 16.5. The van der Waals surface area contributed by atoms with Crippen LogP contribution < -0.4 is 0 Å². The highest BCUT2D eigenvalue weighted by atomic mass is 16.3. The molecule has 0 N–H and O–H groups in total. The molecule has 0 unspecified atom stereocenters. The molecule has 0 fully saturated rings. The summed E-state index contributed by atoms with van der Waals surface area (Å²) < 4.78 is 6.21. The van der Waals surface area contributed by atoms with Gasteiger partial charge in [-0.1, -0.05) is 57.2 Å². The Balaban J connectivity index is 1.66. The molecule has 0 saturated carbocycles. The highest BCUT2D eigenvalue weighted by molar-refractivity contribution is 6.19. The zero-order chi connectivity index (χ0) is 19.3. The molecule has 0 spiro atoms. The summed E-state index contributed by atoms with van der Waals surface area (Å²) in [6.45, 7) is 6.79. The van der Waals surface area contributed by atoms with Crippen LogP contribution in [0.5, 0.6) is 0 Å². The number of fused-ring (bicyclic) bond motifs is 5. The standard InChI is InChI=1S/C26H23NO/c1-26(2,3)16-17-12-13-27-22(14-17)19-8-10-21-24(15-19)28-23-11-9-18-6-4-5-7-20(18)25(21)23/h4-15H,16H2,1-3H3. The smallest absolute Gasteiger partial charge is 0.136 e. The van der Waals surface area contributed by atoms with Gasteiger partial charge in [-0.15, -0.1) is 0 Å². The van der Waals surface area contributed by atoms with Crippen LogP contribution in [0.2, 0.25) is 0 Å². The van der Waals surface area contributed by atoms with E-state index >= 15 is 0 Å². The summed E-state index contributed by atoms with van der Waals surface area (Å²) in [5, 5.41) is 4.81. The van der Waals surface area contributed by atoms with Gasteiger partial charge in [-0.3, -0.25) is 4.98 Å². The number of rotatable bonds is 2. The van der Waals surface area contributed by atoms with E-state index in [4.69, 9.17) is 4.42 Å². The largest absolute Gasteiger partial charge is 0.456 e. The van der Waals surface area contributed by atoms with Gasteiger partial charge in [-0.2, -0.15) is 0 Å². The van der Waals surface area contributed by atoms with Gasteiger partial charge in [-0.25, -0.2) is 0 Å². The molecule has 0 aliphatic rings. The molecule has 0 bridgehead atoms. The van der Waals surface area contributed by atoms with Crippen LogP contribution in [0, 0.1) is 5.41 Å². The van der Waals surface area contributed by atoms with Gasteiger partial charge >= 0.3 is 0 Å². The Labute approximate surface area is 164 Å². The van der Waals surface area contributed by atoms with Crippen molar-refractivity contribution in [1.82, 2.24) is 4.98 Å². The summed E-state index contributed by atoms with van der Waals surface area (Å²) in [7, 11) is 0. The quantitative estimate of drug-likeness (QED) is 0.326. The lowest BCUT2D eigenvalue weighted by Gasteiger charge is -2.18. The number of benzene rings is 3. The van der Waals surface area contributed by atoms with Crippen LogP contribution in [0.1, 0.15) is 26.3 Å². The van der Waals surface area contributed by atoms with Gasteiger partial charge in [-0.05, 0) is 58.5 Å². The topological polar surface area (TPSA) is 26.0 Å². The van der Waals surface area contributed by atoms with E-state index in [0.29, 0.717) is 0 Å². The van der Waals surface area contributed by atoms with Crippen LogP contribution in [0.4, 0.5) is 0 Å². The minimum Gasteiger partial charge on any atom is -0.456 e. The molecular weight excluding hydrogens is 342 g/mol. The Morgan fingerprint density at radius 2 is 1.68 bits per heavy atom. The second-order valence-corrected chi connectivity index (χ2v) is 8.76. The Morgan fingerprint density at radius 3 is 2.54 bits per heavy atom. The van der Waals surface area contributed by atoms with E-state index in [0.717, 1.165) is 34.2 Å². The highest BCUT2D eigenvalue weighted by Crippen LogP contribution is 2.36. The van der Waals surface area contributed by atoms with Crippen molar-refractivity contribution in [3.63, 3.8) is 0 Å². The number of hydrogen-bond acceptors (Lipinski definition) is 2. The van der Waals surface area contributed by atoms with Crippen LogP contribution in [0.3, 0.4) is 0 Å². The fraction of sp³-hybridized carbons (Fsp3) is 0.192. The van der Waals surface area contributed by atoms with E-state index in [1.54, 1.807) is 0 Å². The number of nitrogens with zero attached hydrogens (tertiary/aromatic N) is 1. The van der Waals surface area contributed by atoms with Gasteiger partial charge in [0.1, 0.15) is 11.2 Å². The lowest BCUT2D eigenvalue weighted by Crippen LogP contribution is -2.09. The van der Waals surface area contributed by atoms with Crippen LogP contribution in [0.25, 0.3) is 44.0 Å².